The first-order valence-electron chi connectivity index (χ1n) is 3.69. The number of rotatable bonds is 3. The summed E-state index contributed by atoms with van der Waals surface area (Å²) in [5.74, 6) is 0. The van der Waals surface area contributed by atoms with Crippen molar-refractivity contribution in [2.24, 2.45) is 0 Å². The van der Waals surface area contributed by atoms with Crippen molar-refractivity contribution in [3.05, 3.63) is 48.6 Å². The van der Waals surface area contributed by atoms with Crippen LogP contribution in [0.3, 0.4) is 0 Å². The van der Waals surface area contributed by atoms with Gasteiger partial charge in [0.05, 0.1) is 0 Å². The minimum Gasteiger partial charge on any atom is -1.00 e. The van der Waals surface area contributed by atoms with Crippen LogP contribution in [0.5, 0.6) is 0 Å². The van der Waals surface area contributed by atoms with Crippen LogP contribution in [0.2, 0.25) is 0 Å². The molecule has 0 saturated heterocycles. The molecule has 1 rings (SSSR count). The number of hydrogen-bond acceptors (Lipinski definition) is 2. The maximum atomic E-state index is 10.8. The third kappa shape index (κ3) is 3.55. The molecule has 0 saturated carbocycles. The number of hydrogen-bond donors (Lipinski definition) is 1. The van der Waals surface area contributed by atoms with Gasteiger partial charge in [0.25, 0.3) is 10.1 Å². The van der Waals surface area contributed by atoms with Crippen molar-refractivity contribution < 1.29 is 44.0 Å². The molecule has 0 aromatic heterocycles. The van der Waals surface area contributed by atoms with Gasteiger partial charge in [0.1, 0.15) is 5.25 Å². The second kappa shape index (κ2) is 5.68. The third-order valence-corrected chi connectivity index (χ3v) is 2.77. The summed E-state index contributed by atoms with van der Waals surface area (Å²) in [6.07, 6.45) is 1.20. The van der Waals surface area contributed by atoms with Crippen LogP contribution in [0.4, 0.5) is 0 Å². The van der Waals surface area contributed by atoms with E-state index in [1.165, 1.54) is 6.08 Å². The minimum absolute atomic E-state index is 0. The SMILES string of the molecule is C=CC(c1ccccc1)S(=O)(=O)O.[H-].[Na+]. The molecule has 0 fully saturated rings. The fraction of sp³-hybridized carbons (Fsp3) is 0.111. The molecule has 0 bridgehead atoms. The van der Waals surface area contributed by atoms with E-state index < -0.39 is 15.4 Å². The Hall–Kier alpha value is -0.130. The molecule has 0 aliphatic heterocycles. The second-order valence-electron chi connectivity index (χ2n) is 2.58. The molecule has 72 valence electrons. The second-order valence-corrected chi connectivity index (χ2v) is 4.12. The first-order valence-corrected chi connectivity index (χ1v) is 5.20. The third-order valence-electron chi connectivity index (χ3n) is 1.66. The number of benzene rings is 1. The zero-order chi connectivity index (χ0) is 9.90. The van der Waals surface area contributed by atoms with E-state index >= 15 is 0 Å². The van der Waals surface area contributed by atoms with E-state index in [9.17, 15) is 8.42 Å². The average Bonchev–Trinajstić information content (AvgIpc) is 2.05. The van der Waals surface area contributed by atoms with Crippen molar-refractivity contribution in [2.75, 3.05) is 0 Å². The Bertz CT molecular complexity index is 391. The fourth-order valence-corrected chi connectivity index (χ4v) is 1.82. The van der Waals surface area contributed by atoms with Gasteiger partial charge in [-0.2, -0.15) is 8.42 Å². The molecule has 14 heavy (non-hydrogen) atoms. The molecule has 1 atom stereocenters. The van der Waals surface area contributed by atoms with Crippen LogP contribution in [0.25, 0.3) is 0 Å². The summed E-state index contributed by atoms with van der Waals surface area (Å²) in [5.41, 5.74) is 0.514. The van der Waals surface area contributed by atoms with Crippen molar-refractivity contribution in [3.63, 3.8) is 0 Å². The van der Waals surface area contributed by atoms with Crippen molar-refractivity contribution in [3.8, 4) is 0 Å². The molecule has 0 aliphatic rings. The Kier molecular flexibility index (Phi) is 5.63. The van der Waals surface area contributed by atoms with Crippen molar-refractivity contribution in [1.29, 1.82) is 0 Å². The fourth-order valence-electron chi connectivity index (χ4n) is 1.07. The van der Waals surface area contributed by atoms with Crippen molar-refractivity contribution in [2.45, 2.75) is 5.25 Å². The van der Waals surface area contributed by atoms with Gasteiger partial charge in [-0.3, -0.25) is 4.55 Å². The molecule has 0 radical (unpaired) electrons. The summed E-state index contributed by atoms with van der Waals surface area (Å²) < 4.78 is 30.5. The first kappa shape index (κ1) is 13.9. The summed E-state index contributed by atoms with van der Waals surface area (Å²) in [5, 5.41) is -1.03. The van der Waals surface area contributed by atoms with Crippen LogP contribution in [0, 0.1) is 0 Å². The van der Waals surface area contributed by atoms with Crippen LogP contribution in [0.15, 0.2) is 43.0 Å². The molecular weight excluding hydrogens is 211 g/mol. The molecule has 3 nitrogen and oxygen atoms in total. The zero-order valence-electron chi connectivity index (χ0n) is 8.92. The van der Waals surface area contributed by atoms with Crippen molar-refractivity contribution in [1.82, 2.24) is 0 Å². The van der Waals surface area contributed by atoms with E-state index in [0.29, 0.717) is 5.56 Å². The predicted octanol–water partition coefficient (Wildman–Crippen LogP) is -1.08. The molecular formula is C9H11NaO3S. The Balaban J connectivity index is 0. The Morgan fingerprint density at radius 2 is 1.86 bits per heavy atom. The van der Waals surface area contributed by atoms with Gasteiger partial charge in [-0.15, -0.1) is 6.58 Å². The van der Waals surface area contributed by atoms with Gasteiger partial charge in [0.15, 0.2) is 0 Å². The topological polar surface area (TPSA) is 54.4 Å². The van der Waals surface area contributed by atoms with Crippen molar-refractivity contribution >= 4 is 10.1 Å². The maximum absolute atomic E-state index is 10.8. The Morgan fingerprint density at radius 1 is 1.36 bits per heavy atom. The molecule has 1 aromatic rings. The minimum atomic E-state index is -4.09. The molecule has 5 heteroatoms. The molecule has 1 unspecified atom stereocenters. The summed E-state index contributed by atoms with van der Waals surface area (Å²) in [4.78, 5) is 0. The quantitative estimate of drug-likeness (QED) is 0.402. The summed E-state index contributed by atoms with van der Waals surface area (Å²) in [6, 6.07) is 8.43. The summed E-state index contributed by atoms with van der Waals surface area (Å²) in [6.45, 7) is 3.36. The standard InChI is InChI=1S/C9H10O3S.Na.H/c1-2-9(13(10,11)12)8-6-4-3-5-7-8;;/h2-7,9H,1H2,(H,10,11,12);;/q;+1;-1. The smallest absolute Gasteiger partial charge is 1.00 e. The van der Waals surface area contributed by atoms with Gasteiger partial charge in [0, 0.05) is 0 Å². The monoisotopic (exact) mass is 222 g/mol. The first-order chi connectivity index (χ1) is 6.05. The molecule has 0 aliphatic carbocycles. The van der Waals surface area contributed by atoms with E-state index in [1.54, 1.807) is 30.3 Å². The van der Waals surface area contributed by atoms with E-state index in [-0.39, 0.29) is 31.0 Å². The summed E-state index contributed by atoms with van der Waals surface area (Å²) in [7, 11) is -4.09. The predicted molar refractivity (Wildman–Crippen MR) is 52.0 cm³/mol. The van der Waals surface area contributed by atoms with Crippen LogP contribution in [-0.4, -0.2) is 13.0 Å². The van der Waals surface area contributed by atoms with E-state index in [4.69, 9.17) is 4.55 Å². The largest absolute Gasteiger partial charge is 1.00 e. The maximum Gasteiger partial charge on any atom is 1.00 e. The molecule has 0 spiro atoms. The molecule has 0 heterocycles. The van der Waals surface area contributed by atoms with Crippen LogP contribution in [0.1, 0.15) is 12.2 Å². The van der Waals surface area contributed by atoms with E-state index in [1.807, 2.05) is 0 Å². The normalized spacial score (nSPS) is 12.6. The Labute approximate surface area is 107 Å². The molecule has 1 N–H and O–H groups in total. The zero-order valence-corrected chi connectivity index (χ0v) is 10.7. The van der Waals surface area contributed by atoms with Gasteiger partial charge < -0.3 is 1.43 Å². The van der Waals surface area contributed by atoms with E-state index in [0.717, 1.165) is 0 Å². The Morgan fingerprint density at radius 3 is 2.21 bits per heavy atom. The summed E-state index contributed by atoms with van der Waals surface area (Å²) >= 11 is 0. The van der Waals surface area contributed by atoms with Gasteiger partial charge in [-0.05, 0) is 5.56 Å². The molecule has 1 aromatic carbocycles. The average molecular weight is 222 g/mol. The van der Waals surface area contributed by atoms with Gasteiger partial charge in [0.2, 0.25) is 0 Å². The van der Waals surface area contributed by atoms with Gasteiger partial charge in [-0.1, -0.05) is 36.4 Å². The molecule has 0 amide bonds. The van der Waals surface area contributed by atoms with E-state index in [2.05, 4.69) is 6.58 Å². The van der Waals surface area contributed by atoms with Gasteiger partial charge in [-0.25, -0.2) is 0 Å². The van der Waals surface area contributed by atoms with Crippen LogP contribution in [-0.2, 0) is 10.1 Å². The van der Waals surface area contributed by atoms with Crippen LogP contribution >= 0.6 is 0 Å². The van der Waals surface area contributed by atoms with Crippen LogP contribution < -0.4 is 29.6 Å². The van der Waals surface area contributed by atoms with Gasteiger partial charge >= 0.3 is 29.6 Å².